The van der Waals surface area contributed by atoms with E-state index in [9.17, 15) is 23.8 Å². The molecule has 0 spiro atoms. The zero-order valence-electron chi connectivity index (χ0n) is 17.2. The molecule has 0 amide bonds. The Morgan fingerprint density at radius 1 is 1.34 bits per heavy atom. The highest BCUT2D eigenvalue weighted by atomic mass is 32.2. The zero-order chi connectivity index (χ0) is 22.8. The van der Waals surface area contributed by atoms with Crippen molar-refractivity contribution in [2.45, 2.75) is 36.4 Å². The van der Waals surface area contributed by atoms with Gasteiger partial charge >= 0.3 is 0 Å². The molecule has 0 bridgehead atoms. The SMILES string of the molecule is C[C@H](CO)Nc1nc(SCc2cccc(F)c2F)nc2[nH]c(=O)c(N3CC[C@H](O)C3)nc12. The van der Waals surface area contributed by atoms with E-state index >= 15 is 0 Å². The van der Waals surface area contributed by atoms with Crippen LogP contribution in [0.2, 0.25) is 0 Å². The molecule has 9 nitrogen and oxygen atoms in total. The maximum Gasteiger partial charge on any atom is 0.292 e. The molecule has 170 valence electrons. The number of hydrogen-bond donors (Lipinski definition) is 4. The third-order valence-corrected chi connectivity index (χ3v) is 5.92. The first-order valence-corrected chi connectivity index (χ1v) is 11.0. The first kappa shape index (κ1) is 22.4. The standard InChI is InChI=1S/C20H22F2N6O3S/c1-10(8-29)23-16-15-17(25-19(31)18(24-15)28-6-5-12(30)7-28)27-20(26-16)32-9-11-3-2-4-13(21)14(11)22/h2-4,10,12,29-30H,5-9H2,1H3,(H2,23,25,26,27,31)/t10-,12+/m1/s1. The van der Waals surface area contributed by atoms with Crippen molar-refractivity contribution in [1.82, 2.24) is 19.9 Å². The topological polar surface area (TPSA) is 127 Å². The third kappa shape index (κ3) is 4.66. The Morgan fingerprint density at radius 3 is 2.88 bits per heavy atom. The van der Waals surface area contributed by atoms with Gasteiger partial charge in [-0.2, -0.15) is 0 Å². The second kappa shape index (κ2) is 9.35. The lowest BCUT2D eigenvalue weighted by molar-refractivity contribution is 0.198. The van der Waals surface area contributed by atoms with Gasteiger partial charge in [-0.1, -0.05) is 23.9 Å². The van der Waals surface area contributed by atoms with Crippen LogP contribution in [-0.2, 0) is 5.75 Å². The van der Waals surface area contributed by atoms with Crippen LogP contribution < -0.4 is 15.8 Å². The highest BCUT2D eigenvalue weighted by Crippen LogP contribution is 2.27. The van der Waals surface area contributed by atoms with Crippen LogP contribution >= 0.6 is 11.8 Å². The molecule has 12 heteroatoms. The largest absolute Gasteiger partial charge is 0.394 e. The predicted molar refractivity (Wildman–Crippen MR) is 117 cm³/mol. The molecule has 1 aliphatic rings. The summed E-state index contributed by atoms with van der Waals surface area (Å²) in [4.78, 5) is 30.2. The van der Waals surface area contributed by atoms with Crippen molar-refractivity contribution >= 4 is 34.6 Å². The lowest BCUT2D eigenvalue weighted by Crippen LogP contribution is -2.29. The summed E-state index contributed by atoms with van der Waals surface area (Å²) in [6, 6.07) is 3.57. The Bertz CT molecular complexity index is 1190. The lowest BCUT2D eigenvalue weighted by Gasteiger charge is -2.18. The smallest absolute Gasteiger partial charge is 0.292 e. The van der Waals surface area contributed by atoms with Gasteiger partial charge in [0.25, 0.3) is 5.56 Å². The number of anilines is 2. The van der Waals surface area contributed by atoms with Crippen molar-refractivity contribution in [3.05, 3.63) is 45.8 Å². The summed E-state index contributed by atoms with van der Waals surface area (Å²) < 4.78 is 27.5. The molecule has 0 saturated carbocycles. The number of hydrogen-bond acceptors (Lipinski definition) is 9. The summed E-state index contributed by atoms with van der Waals surface area (Å²) in [5.74, 6) is -1.35. The van der Waals surface area contributed by atoms with Crippen molar-refractivity contribution < 1.29 is 19.0 Å². The molecule has 4 N–H and O–H groups in total. The normalized spacial score (nSPS) is 17.2. The minimum atomic E-state index is -0.935. The fourth-order valence-electron chi connectivity index (χ4n) is 3.34. The van der Waals surface area contributed by atoms with Crippen molar-refractivity contribution in [3.8, 4) is 0 Å². The number of thioether (sulfide) groups is 1. The molecule has 32 heavy (non-hydrogen) atoms. The van der Waals surface area contributed by atoms with E-state index in [1.807, 2.05) is 0 Å². The molecule has 1 aromatic carbocycles. The van der Waals surface area contributed by atoms with Gasteiger partial charge in [-0.25, -0.2) is 23.7 Å². The molecule has 3 aromatic rings. The maximum atomic E-state index is 14.0. The van der Waals surface area contributed by atoms with E-state index in [1.165, 1.54) is 12.1 Å². The highest BCUT2D eigenvalue weighted by Gasteiger charge is 2.25. The Morgan fingerprint density at radius 2 is 2.16 bits per heavy atom. The number of H-pyrrole nitrogens is 1. The number of rotatable bonds is 7. The minimum Gasteiger partial charge on any atom is -0.394 e. The van der Waals surface area contributed by atoms with E-state index in [0.29, 0.717) is 25.0 Å². The first-order chi connectivity index (χ1) is 15.4. The van der Waals surface area contributed by atoms with Crippen LogP contribution in [-0.4, -0.2) is 62.0 Å². The molecule has 0 unspecified atom stereocenters. The number of nitrogens with one attached hydrogen (secondary N) is 2. The van der Waals surface area contributed by atoms with Gasteiger partial charge in [0.1, 0.15) is 0 Å². The molecule has 1 fully saturated rings. The number of aromatic nitrogens is 4. The van der Waals surface area contributed by atoms with E-state index in [2.05, 4.69) is 25.3 Å². The number of β-amino-alcohol motifs (C(OH)–C–C–N with tert-alkyl or cyclic N) is 1. The van der Waals surface area contributed by atoms with Gasteiger partial charge in [-0.3, -0.25) is 4.79 Å². The van der Waals surface area contributed by atoms with E-state index in [1.54, 1.807) is 11.8 Å². The lowest BCUT2D eigenvalue weighted by atomic mass is 10.2. The number of aromatic amines is 1. The summed E-state index contributed by atoms with van der Waals surface area (Å²) >= 11 is 1.07. The quantitative estimate of drug-likeness (QED) is 0.305. The number of halogens is 2. The van der Waals surface area contributed by atoms with Gasteiger partial charge in [-0.15, -0.1) is 0 Å². The molecule has 0 aliphatic carbocycles. The average Bonchev–Trinajstić information content (AvgIpc) is 3.20. The van der Waals surface area contributed by atoms with Gasteiger partial charge in [0, 0.05) is 30.4 Å². The second-order valence-corrected chi connectivity index (χ2v) is 8.50. The highest BCUT2D eigenvalue weighted by molar-refractivity contribution is 7.98. The Kier molecular flexibility index (Phi) is 6.53. The number of aliphatic hydroxyl groups excluding tert-OH is 2. The van der Waals surface area contributed by atoms with Gasteiger partial charge in [-0.05, 0) is 19.4 Å². The molecule has 1 saturated heterocycles. The number of nitrogens with zero attached hydrogens (tertiary/aromatic N) is 4. The van der Waals surface area contributed by atoms with Crippen molar-refractivity contribution in [3.63, 3.8) is 0 Å². The Labute approximate surface area is 185 Å². The van der Waals surface area contributed by atoms with E-state index in [4.69, 9.17) is 0 Å². The number of benzene rings is 1. The summed E-state index contributed by atoms with van der Waals surface area (Å²) in [6.45, 7) is 2.36. The Hall–Kier alpha value is -2.83. The van der Waals surface area contributed by atoms with E-state index in [-0.39, 0.29) is 46.4 Å². The molecule has 4 rings (SSSR count). The molecule has 3 heterocycles. The second-order valence-electron chi connectivity index (χ2n) is 7.56. The predicted octanol–water partition coefficient (Wildman–Crippen LogP) is 1.65. The zero-order valence-corrected chi connectivity index (χ0v) is 18.0. The van der Waals surface area contributed by atoms with Crippen LogP contribution in [0.1, 0.15) is 18.9 Å². The summed E-state index contributed by atoms with van der Waals surface area (Å²) in [5.41, 5.74) is 0.163. The fraction of sp³-hybridized carbons (Fsp3) is 0.400. The molecule has 0 radical (unpaired) electrons. The summed E-state index contributed by atoms with van der Waals surface area (Å²) in [6.07, 6.45) is 0.00582. The van der Waals surface area contributed by atoms with Crippen molar-refractivity contribution in [2.75, 3.05) is 29.9 Å². The monoisotopic (exact) mass is 464 g/mol. The summed E-state index contributed by atoms with van der Waals surface area (Å²) in [5, 5.41) is 22.5. The van der Waals surface area contributed by atoms with Gasteiger partial charge in [0.15, 0.2) is 39.6 Å². The van der Waals surface area contributed by atoms with Gasteiger partial charge in [0.2, 0.25) is 0 Å². The van der Waals surface area contributed by atoms with E-state index in [0.717, 1.165) is 17.8 Å². The van der Waals surface area contributed by atoms with Crippen molar-refractivity contribution in [2.24, 2.45) is 0 Å². The molecule has 2 aromatic heterocycles. The number of fused-ring (bicyclic) bond motifs is 1. The average molecular weight is 464 g/mol. The van der Waals surface area contributed by atoms with E-state index < -0.39 is 23.3 Å². The van der Waals surface area contributed by atoms with Crippen LogP contribution in [0.25, 0.3) is 11.2 Å². The van der Waals surface area contributed by atoms with Crippen LogP contribution in [0.5, 0.6) is 0 Å². The molecule has 1 aliphatic heterocycles. The van der Waals surface area contributed by atoms with Crippen LogP contribution in [0, 0.1) is 11.6 Å². The van der Waals surface area contributed by atoms with Crippen LogP contribution in [0.3, 0.4) is 0 Å². The Balaban J connectivity index is 1.71. The van der Waals surface area contributed by atoms with Crippen LogP contribution in [0.15, 0.2) is 28.2 Å². The fourth-order valence-corrected chi connectivity index (χ4v) is 4.16. The molecular formula is C20H22F2N6O3S. The molecule has 2 atom stereocenters. The summed E-state index contributed by atoms with van der Waals surface area (Å²) in [7, 11) is 0. The molecular weight excluding hydrogens is 442 g/mol. The first-order valence-electron chi connectivity index (χ1n) is 10.0. The van der Waals surface area contributed by atoms with Gasteiger partial charge in [0.05, 0.1) is 12.7 Å². The minimum absolute atomic E-state index is 0.0749. The van der Waals surface area contributed by atoms with Crippen molar-refractivity contribution in [1.29, 1.82) is 0 Å². The number of aliphatic hydroxyl groups is 2. The maximum absolute atomic E-state index is 14.0. The third-order valence-electron chi connectivity index (χ3n) is 5.02. The van der Waals surface area contributed by atoms with Gasteiger partial charge < -0.3 is 25.4 Å². The van der Waals surface area contributed by atoms with Crippen LogP contribution in [0.4, 0.5) is 20.4 Å².